The molecule has 0 heterocycles. The number of nitrogens with one attached hydrogen (secondary N) is 1. The fraction of sp³-hybridized carbons (Fsp3) is 0. The Kier molecular flexibility index (Phi) is 2.60. The van der Waals surface area contributed by atoms with Gasteiger partial charge < -0.3 is 5.11 Å². The molecule has 0 aromatic heterocycles. The van der Waals surface area contributed by atoms with Crippen LogP contribution in [0.2, 0.25) is 0 Å². The van der Waals surface area contributed by atoms with E-state index in [1.165, 1.54) is 0 Å². The minimum absolute atomic E-state index is 0.392. The lowest BCUT2D eigenvalue weighted by Gasteiger charge is -1.97. The summed E-state index contributed by atoms with van der Waals surface area (Å²) in [5.74, 6) is -1.21. The maximum atomic E-state index is 10.4. The van der Waals surface area contributed by atoms with E-state index in [0.29, 0.717) is 5.56 Å². The zero-order valence-electron chi connectivity index (χ0n) is 6.04. The van der Waals surface area contributed by atoms with Crippen LogP contribution < -0.4 is 0 Å². The van der Waals surface area contributed by atoms with Gasteiger partial charge in [-0.05, 0) is 12.1 Å². The molecule has 0 unspecified atom stereocenters. The number of hydrogen-bond acceptors (Lipinski definition) is 2. The predicted molar refractivity (Wildman–Crippen MR) is 48.6 cm³/mol. The Morgan fingerprint density at radius 3 is 2.67 bits per heavy atom. The fourth-order valence-corrected chi connectivity index (χ4v) is 1.17. The van der Waals surface area contributed by atoms with Crippen LogP contribution in [-0.2, 0) is 4.79 Å². The largest absolute Gasteiger partial charge is 0.477 e. The quantitative estimate of drug-likeness (QED) is 0.759. The first-order valence-electron chi connectivity index (χ1n) is 3.19. The van der Waals surface area contributed by atoms with Crippen LogP contribution in [-0.4, -0.2) is 16.8 Å². The van der Waals surface area contributed by atoms with Crippen molar-refractivity contribution in [2.45, 2.75) is 0 Å². The average Bonchev–Trinajstić information content (AvgIpc) is 2.03. The highest BCUT2D eigenvalue weighted by atomic mass is 79.9. The molecule has 2 N–H and O–H groups in total. The molecule has 4 heteroatoms. The zero-order chi connectivity index (χ0) is 9.14. The number of carboxylic acids is 1. The van der Waals surface area contributed by atoms with E-state index in [2.05, 4.69) is 15.9 Å². The van der Waals surface area contributed by atoms with Crippen LogP contribution in [0.3, 0.4) is 0 Å². The molecule has 0 spiro atoms. The molecule has 0 atom stereocenters. The summed E-state index contributed by atoms with van der Waals surface area (Å²) in [4.78, 5) is 10.4. The van der Waals surface area contributed by atoms with Crippen molar-refractivity contribution in [3.63, 3.8) is 0 Å². The highest BCUT2D eigenvalue weighted by Crippen LogP contribution is 2.11. The zero-order valence-corrected chi connectivity index (χ0v) is 7.63. The highest BCUT2D eigenvalue weighted by Gasteiger charge is 2.08. The molecule has 0 radical (unpaired) electrons. The van der Waals surface area contributed by atoms with Crippen LogP contribution in [0.15, 0.2) is 28.7 Å². The van der Waals surface area contributed by atoms with Crippen molar-refractivity contribution in [1.29, 1.82) is 5.41 Å². The van der Waals surface area contributed by atoms with Crippen LogP contribution in [0, 0.1) is 5.41 Å². The Balaban J connectivity index is 3.04. The molecule has 12 heavy (non-hydrogen) atoms. The third kappa shape index (κ3) is 1.92. The van der Waals surface area contributed by atoms with E-state index < -0.39 is 11.7 Å². The SMILES string of the molecule is N=C(C(=O)O)c1cccc(Br)c1. The number of carbonyl (C=O) groups is 1. The molecule has 0 amide bonds. The number of halogens is 1. The van der Waals surface area contributed by atoms with Crippen LogP contribution in [0.5, 0.6) is 0 Å². The molecule has 1 aromatic rings. The number of carboxylic acid groups (broad SMARTS) is 1. The second-order valence-corrected chi connectivity index (χ2v) is 3.11. The number of rotatable bonds is 2. The van der Waals surface area contributed by atoms with E-state index in [9.17, 15) is 4.79 Å². The summed E-state index contributed by atoms with van der Waals surface area (Å²) in [7, 11) is 0. The third-order valence-electron chi connectivity index (χ3n) is 1.33. The van der Waals surface area contributed by atoms with Gasteiger partial charge >= 0.3 is 5.97 Å². The molecule has 0 fully saturated rings. The number of benzene rings is 1. The Morgan fingerprint density at radius 2 is 2.17 bits per heavy atom. The molecule has 0 bridgehead atoms. The van der Waals surface area contributed by atoms with Crippen molar-refractivity contribution in [3.05, 3.63) is 34.3 Å². The van der Waals surface area contributed by atoms with Gasteiger partial charge in [-0.25, -0.2) is 4.79 Å². The van der Waals surface area contributed by atoms with Crippen molar-refractivity contribution < 1.29 is 9.90 Å². The smallest absolute Gasteiger partial charge is 0.354 e. The van der Waals surface area contributed by atoms with Gasteiger partial charge in [-0.1, -0.05) is 28.1 Å². The lowest BCUT2D eigenvalue weighted by atomic mass is 10.1. The van der Waals surface area contributed by atoms with E-state index in [0.717, 1.165) is 4.47 Å². The number of aliphatic carboxylic acids is 1. The summed E-state index contributed by atoms with van der Waals surface area (Å²) in [5, 5.41) is 15.6. The normalized spacial score (nSPS) is 9.42. The van der Waals surface area contributed by atoms with E-state index in [-0.39, 0.29) is 0 Å². The van der Waals surface area contributed by atoms with Gasteiger partial charge in [-0.3, -0.25) is 5.41 Å². The topological polar surface area (TPSA) is 61.2 Å². The van der Waals surface area contributed by atoms with E-state index >= 15 is 0 Å². The van der Waals surface area contributed by atoms with Crippen molar-refractivity contribution in [2.75, 3.05) is 0 Å². The Labute approximate surface area is 77.7 Å². The minimum Gasteiger partial charge on any atom is -0.477 e. The Hall–Kier alpha value is -1.16. The van der Waals surface area contributed by atoms with Gasteiger partial charge in [0.2, 0.25) is 0 Å². The monoisotopic (exact) mass is 227 g/mol. The summed E-state index contributed by atoms with van der Waals surface area (Å²) in [6, 6.07) is 6.65. The summed E-state index contributed by atoms with van der Waals surface area (Å²) < 4.78 is 0.769. The molecule has 0 saturated carbocycles. The van der Waals surface area contributed by atoms with Crippen molar-refractivity contribution in [3.8, 4) is 0 Å². The molecule has 0 saturated heterocycles. The van der Waals surface area contributed by atoms with Gasteiger partial charge in [0.25, 0.3) is 0 Å². The third-order valence-corrected chi connectivity index (χ3v) is 1.82. The van der Waals surface area contributed by atoms with Gasteiger partial charge in [0.1, 0.15) is 5.71 Å². The summed E-state index contributed by atoms with van der Waals surface area (Å²) in [6.07, 6.45) is 0. The first kappa shape index (κ1) is 8.93. The van der Waals surface area contributed by atoms with Crippen LogP contribution >= 0.6 is 15.9 Å². The van der Waals surface area contributed by atoms with E-state index in [1.54, 1.807) is 24.3 Å². The fourth-order valence-electron chi connectivity index (χ4n) is 0.767. The molecule has 0 aliphatic heterocycles. The average molecular weight is 228 g/mol. The van der Waals surface area contributed by atoms with Crippen LogP contribution in [0.1, 0.15) is 5.56 Å². The lowest BCUT2D eigenvalue weighted by molar-refractivity contribution is -0.129. The van der Waals surface area contributed by atoms with E-state index in [1.807, 2.05) is 0 Å². The molecule has 0 aliphatic carbocycles. The minimum atomic E-state index is -1.21. The molecule has 3 nitrogen and oxygen atoms in total. The molecule has 62 valence electrons. The van der Waals surface area contributed by atoms with Gasteiger partial charge in [-0.2, -0.15) is 0 Å². The second kappa shape index (κ2) is 3.49. The predicted octanol–water partition coefficient (Wildman–Crippen LogP) is 1.90. The first-order chi connectivity index (χ1) is 5.61. The summed E-state index contributed by atoms with van der Waals surface area (Å²) >= 11 is 3.19. The van der Waals surface area contributed by atoms with E-state index in [4.69, 9.17) is 10.5 Å². The Morgan fingerprint density at radius 1 is 1.50 bits per heavy atom. The number of hydrogen-bond donors (Lipinski definition) is 2. The van der Waals surface area contributed by atoms with Crippen molar-refractivity contribution in [1.82, 2.24) is 0 Å². The molecule has 1 rings (SSSR count). The van der Waals surface area contributed by atoms with Gasteiger partial charge in [-0.15, -0.1) is 0 Å². The van der Waals surface area contributed by atoms with Crippen LogP contribution in [0.4, 0.5) is 0 Å². The summed E-state index contributed by atoms with van der Waals surface area (Å²) in [5.41, 5.74) is 0.00757. The highest BCUT2D eigenvalue weighted by molar-refractivity contribution is 9.10. The maximum Gasteiger partial charge on any atom is 0.354 e. The van der Waals surface area contributed by atoms with Gasteiger partial charge in [0, 0.05) is 10.0 Å². The van der Waals surface area contributed by atoms with Gasteiger partial charge in [0.15, 0.2) is 0 Å². The van der Waals surface area contributed by atoms with Crippen molar-refractivity contribution >= 4 is 27.6 Å². The Bertz CT molecular complexity index is 336. The van der Waals surface area contributed by atoms with Crippen molar-refractivity contribution in [2.24, 2.45) is 0 Å². The standard InChI is InChI=1S/C8H6BrNO2/c9-6-3-1-2-5(4-6)7(10)8(11)12/h1-4,10H,(H,11,12). The summed E-state index contributed by atoms with van der Waals surface area (Å²) in [6.45, 7) is 0. The molecule has 0 aliphatic rings. The maximum absolute atomic E-state index is 10.4. The molecular formula is C8H6BrNO2. The first-order valence-corrected chi connectivity index (χ1v) is 3.98. The second-order valence-electron chi connectivity index (χ2n) is 2.19. The van der Waals surface area contributed by atoms with Gasteiger partial charge in [0.05, 0.1) is 0 Å². The molecule has 1 aromatic carbocycles. The lowest BCUT2D eigenvalue weighted by Crippen LogP contribution is -2.12. The van der Waals surface area contributed by atoms with Crippen LogP contribution in [0.25, 0.3) is 0 Å². The molecular weight excluding hydrogens is 222 g/mol.